The Labute approximate surface area is 120 Å². The lowest BCUT2D eigenvalue weighted by atomic mass is 10.3. The summed E-state index contributed by atoms with van der Waals surface area (Å²) in [5.41, 5.74) is 0. The fourth-order valence-corrected chi connectivity index (χ4v) is 2.95. The van der Waals surface area contributed by atoms with E-state index in [2.05, 4.69) is 0 Å². The van der Waals surface area contributed by atoms with Crippen LogP contribution in [0.1, 0.15) is 0 Å². The van der Waals surface area contributed by atoms with Gasteiger partial charge in [-0.2, -0.15) is 0 Å². The Morgan fingerprint density at radius 2 is 1.40 bits per heavy atom. The van der Waals surface area contributed by atoms with Crippen molar-refractivity contribution < 1.29 is 18.4 Å². The first-order chi connectivity index (χ1) is 9.69. The lowest BCUT2D eigenvalue weighted by Gasteiger charge is -2.10. The summed E-state index contributed by atoms with van der Waals surface area (Å²) in [5.74, 6) is 1.94. The van der Waals surface area contributed by atoms with E-state index in [1.807, 2.05) is 0 Å². The van der Waals surface area contributed by atoms with Crippen LogP contribution in [0.3, 0.4) is 0 Å². The minimum atomic E-state index is -1.34. The normalized spacial score (nSPS) is 11.8. The average Bonchev–Trinajstić information content (AvgIpc) is 2.53. The second-order valence-corrected chi connectivity index (χ2v) is 5.41. The molecule has 0 N–H and O–H groups in total. The first-order valence-electron chi connectivity index (χ1n) is 5.97. The molecule has 2 aromatic carbocycles. The number of benzene rings is 2. The molecule has 2 aromatic rings. The molecule has 0 heterocycles. The van der Waals surface area contributed by atoms with E-state index in [-0.39, 0.29) is 0 Å². The van der Waals surface area contributed by atoms with Crippen molar-refractivity contribution in [3.05, 3.63) is 42.5 Å². The minimum Gasteiger partial charge on any atom is -0.497 e. The van der Waals surface area contributed by atoms with Crippen LogP contribution in [0.2, 0.25) is 0 Å². The Morgan fingerprint density at radius 1 is 0.800 bits per heavy atom. The van der Waals surface area contributed by atoms with Crippen molar-refractivity contribution in [3.8, 4) is 17.2 Å². The standard InChI is InChI=1S/C15H16O4S/c1-17-11-4-7-13(8-5-11)20(16)15-10-12(18-2)6-9-14(15)19-3/h4-10H,1-3H3. The summed E-state index contributed by atoms with van der Waals surface area (Å²) in [6.07, 6.45) is 0. The lowest BCUT2D eigenvalue weighted by molar-refractivity contribution is 0.393. The molecule has 1 atom stereocenters. The zero-order chi connectivity index (χ0) is 14.5. The number of rotatable bonds is 5. The highest BCUT2D eigenvalue weighted by atomic mass is 32.2. The third-order valence-corrected chi connectivity index (χ3v) is 4.26. The maximum absolute atomic E-state index is 12.6. The van der Waals surface area contributed by atoms with Crippen molar-refractivity contribution in [1.29, 1.82) is 0 Å². The van der Waals surface area contributed by atoms with Gasteiger partial charge in [-0.1, -0.05) is 0 Å². The van der Waals surface area contributed by atoms with E-state index in [9.17, 15) is 4.21 Å². The van der Waals surface area contributed by atoms with Crippen LogP contribution in [-0.4, -0.2) is 25.5 Å². The van der Waals surface area contributed by atoms with Crippen LogP contribution < -0.4 is 14.2 Å². The van der Waals surface area contributed by atoms with E-state index >= 15 is 0 Å². The summed E-state index contributed by atoms with van der Waals surface area (Å²) in [4.78, 5) is 1.26. The first-order valence-corrected chi connectivity index (χ1v) is 7.12. The van der Waals surface area contributed by atoms with E-state index in [4.69, 9.17) is 14.2 Å². The highest BCUT2D eigenvalue weighted by Crippen LogP contribution is 2.30. The van der Waals surface area contributed by atoms with Gasteiger partial charge in [0.25, 0.3) is 0 Å². The molecular weight excluding hydrogens is 276 g/mol. The average molecular weight is 292 g/mol. The fraction of sp³-hybridized carbons (Fsp3) is 0.200. The van der Waals surface area contributed by atoms with Gasteiger partial charge in [-0.05, 0) is 36.4 Å². The van der Waals surface area contributed by atoms with Crippen molar-refractivity contribution in [1.82, 2.24) is 0 Å². The van der Waals surface area contributed by atoms with Crippen LogP contribution in [0.15, 0.2) is 52.3 Å². The Bertz CT molecular complexity index is 608. The fourth-order valence-electron chi connectivity index (χ4n) is 1.76. The highest BCUT2D eigenvalue weighted by molar-refractivity contribution is 7.85. The van der Waals surface area contributed by atoms with E-state index in [1.165, 1.54) is 0 Å². The maximum Gasteiger partial charge on any atom is 0.135 e. The highest BCUT2D eigenvalue weighted by Gasteiger charge is 2.14. The summed E-state index contributed by atoms with van der Waals surface area (Å²) in [6.45, 7) is 0. The van der Waals surface area contributed by atoms with E-state index in [1.54, 1.807) is 63.8 Å². The van der Waals surface area contributed by atoms with Gasteiger partial charge >= 0.3 is 0 Å². The predicted octanol–water partition coefficient (Wildman–Crippen LogP) is 2.88. The third-order valence-electron chi connectivity index (χ3n) is 2.84. The molecule has 0 radical (unpaired) electrons. The molecule has 20 heavy (non-hydrogen) atoms. The largest absolute Gasteiger partial charge is 0.497 e. The molecule has 0 amide bonds. The van der Waals surface area contributed by atoms with Gasteiger partial charge in [0.1, 0.15) is 17.2 Å². The van der Waals surface area contributed by atoms with Crippen LogP contribution in [-0.2, 0) is 10.8 Å². The molecule has 5 heteroatoms. The number of methoxy groups -OCH3 is 3. The second-order valence-electron chi connectivity index (χ2n) is 3.96. The zero-order valence-corrected chi connectivity index (χ0v) is 12.4. The van der Waals surface area contributed by atoms with E-state index in [0.29, 0.717) is 21.3 Å². The van der Waals surface area contributed by atoms with Crippen LogP contribution in [0.25, 0.3) is 0 Å². The summed E-state index contributed by atoms with van der Waals surface area (Å²) < 4.78 is 28.1. The predicted molar refractivity (Wildman–Crippen MR) is 77.2 cm³/mol. The lowest BCUT2D eigenvalue weighted by Crippen LogP contribution is -1.98. The summed E-state index contributed by atoms with van der Waals surface area (Å²) in [6, 6.07) is 12.3. The summed E-state index contributed by atoms with van der Waals surface area (Å²) >= 11 is 0. The van der Waals surface area contributed by atoms with Gasteiger partial charge < -0.3 is 14.2 Å². The smallest absolute Gasteiger partial charge is 0.135 e. The molecular formula is C15H16O4S. The molecule has 0 fully saturated rings. The minimum absolute atomic E-state index is 0.569. The number of ether oxygens (including phenoxy) is 3. The van der Waals surface area contributed by atoms with Gasteiger partial charge in [-0.3, -0.25) is 0 Å². The Morgan fingerprint density at radius 3 is 1.95 bits per heavy atom. The van der Waals surface area contributed by atoms with Crippen molar-refractivity contribution >= 4 is 10.8 Å². The van der Waals surface area contributed by atoms with Crippen LogP contribution in [0.4, 0.5) is 0 Å². The van der Waals surface area contributed by atoms with Crippen LogP contribution in [0.5, 0.6) is 17.2 Å². The van der Waals surface area contributed by atoms with Crippen molar-refractivity contribution in [2.24, 2.45) is 0 Å². The number of hydrogen-bond acceptors (Lipinski definition) is 4. The molecule has 0 saturated carbocycles. The second kappa shape index (κ2) is 6.43. The molecule has 4 nitrogen and oxygen atoms in total. The topological polar surface area (TPSA) is 44.8 Å². The van der Waals surface area contributed by atoms with Crippen molar-refractivity contribution in [2.45, 2.75) is 9.79 Å². The Hall–Kier alpha value is -2.01. The molecule has 0 aliphatic carbocycles. The molecule has 1 unspecified atom stereocenters. The van der Waals surface area contributed by atoms with Gasteiger partial charge in [0.2, 0.25) is 0 Å². The van der Waals surface area contributed by atoms with Crippen LogP contribution in [0, 0.1) is 0 Å². The molecule has 0 spiro atoms. The molecule has 0 bridgehead atoms. The molecule has 0 aliphatic heterocycles. The van der Waals surface area contributed by atoms with Crippen molar-refractivity contribution in [3.63, 3.8) is 0 Å². The Kier molecular flexibility index (Phi) is 4.63. The zero-order valence-electron chi connectivity index (χ0n) is 11.6. The molecule has 0 aromatic heterocycles. The van der Waals surface area contributed by atoms with Gasteiger partial charge in [-0.25, -0.2) is 4.21 Å². The summed E-state index contributed by atoms with van der Waals surface area (Å²) in [7, 11) is 3.38. The van der Waals surface area contributed by atoms with Gasteiger partial charge in [0.15, 0.2) is 0 Å². The van der Waals surface area contributed by atoms with Gasteiger partial charge in [-0.15, -0.1) is 0 Å². The van der Waals surface area contributed by atoms with Crippen molar-refractivity contribution in [2.75, 3.05) is 21.3 Å². The third kappa shape index (κ3) is 2.93. The van der Waals surface area contributed by atoms with Gasteiger partial charge in [0.05, 0.1) is 37.0 Å². The van der Waals surface area contributed by atoms with Crippen LogP contribution >= 0.6 is 0 Å². The molecule has 0 saturated heterocycles. The molecule has 2 rings (SSSR count). The quantitative estimate of drug-likeness (QED) is 0.850. The van der Waals surface area contributed by atoms with Gasteiger partial charge in [0, 0.05) is 11.0 Å². The Balaban J connectivity index is 2.40. The van der Waals surface area contributed by atoms with E-state index < -0.39 is 10.8 Å². The SMILES string of the molecule is COc1ccc(S(=O)c2cc(OC)ccc2OC)cc1. The number of hydrogen-bond donors (Lipinski definition) is 0. The molecule has 0 aliphatic rings. The van der Waals surface area contributed by atoms with E-state index in [0.717, 1.165) is 5.75 Å². The summed E-state index contributed by atoms with van der Waals surface area (Å²) in [5, 5.41) is 0. The first kappa shape index (κ1) is 14.4. The maximum atomic E-state index is 12.6. The monoisotopic (exact) mass is 292 g/mol. The molecule has 106 valence electrons.